The predicted molar refractivity (Wildman–Crippen MR) is 124 cm³/mol. The number of anilines is 2. The summed E-state index contributed by atoms with van der Waals surface area (Å²) in [6.45, 7) is 3.20. The minimum absolute atomic E-state index is 0.522. The molecule has 4 aromatic heterocycles. The van der Waals surface area contributed by atoms with Gasteiger partial charge in [-0.2, -0.15) is 9.40 Å². The first-order valence-electron chi connectivity index (χ1n) is 10.1. The molecule has 1 aliphatic heterocycles. The Morgan fingerprint density at radius 2 is 2.00 bits per heavy atom. The predicted octanol–water partition coefficient (Wildman–Crippen LogP) is 2.30. The summed E-state index contributed by atoms with van der Waals surface area (Å²) in [5, 5.41) is 10.8. The van der Waals surface area contributed by atoms with Crippen molar-refractivity contribution in [2.45, 2.75) is 6.54 Å². The quantitative estimate of drug-likeness (QED) is 0.440. The van der Waals surface area contributed by atoms with Crippen molar-refractivity contribution >= 4 is 42.7 Å². The molecule has 4 aromatic rings. The van der Waals surface area contributed by atoms with Gasteiger partial charge in [0, 0.05) is 50.7 Å². The third-order valence-corrected chi connectivity index (χ3v) is 7.50. The largest absolute Gasteiger partial charge is 0.316 e. The Morgan fingerprint density at radius 1 is 1.16 bits per heavy atom. The molecule has 12 heteroatoms. The summed E-state index contributed by atoms with van der Waals surface area (Å²) in [4.78, 5) is 16.8. The lowest BCUT2D eigenvalue weighted by Gasteiger charge is -2.33. The number of rotatable bonds is 6. The number of aromatic nitrogens is 5. The van der Waals surface area contributed by atoms with Gasteiger partial charge >= 0.3 is 0 Å². The Balaban J connectivity index is 1.26. The SMILES string of the molecule is CS(=O)(=O)N1CCN(Cc2ccnc(Nc3nc4ccc(-c5cn[nH]c5)nc4s3)c2)CC1. The number of fused-ring (bicyclic) bond motifs is 1. The van der Waals surface area contributed by atoms with Gasteiger partial charge in [0.15, 0.2) is 5.13 Å². The lowest BCUT2D eigenvalue weighted by atomic mass is 10.2. The maximum Gasteiger partial charge on any atom is 0.211 e. The van der Waals surface area contributed by atoms with E-state index in [0.29, 0.717) is 32.0 Å². The minimum Gasteiger partial charge on any atom is -0.316 e. The van der Waals surface area contributed by atoms with Crippen LogP contribution in [0, 0.1) is 0 Å². The van der Waals surface area contributed by atoms with E-state index in [0.717, 1.165) is 38.8 Å². The molecule has 166 valence electrons. The molecule has 5 rings (SSSR count). The lowest BCUT2D eigenvalue weighted by Crippen LogP contribution is -2.47. The van der Waals surface area contributed by atoms with Crippen molar-refractivity contribution in [1.82, 2.24) is 34.4 Å². The number of nitrogens with zero attached hydrogens (tertiary/aromatic N) is 6. The molecule has 0 amide bonds. The highest BCUT2D eigenvalue weighted by Gasteiger charge is 2.23. The fraction of sp³-hybridized carbons (Fsp3) is 0.300. The zero-order chi connectivity index (χ0) is 22.1. The third-order valence-electron chi connectivity index (χ3n) is 5.32. The van der Waals surface area contributed by atoms with Gasteiger partial charge in [0.1, 0.15) is 16.2 Å². The van der Waals surface area contributed by atoms with Crippen LogP contribution in [-0.4, -0.2) is 75.2 Å². The average Bonchev–Trinajstić information content (AvgIpc) is 3.43. The first-order chi connectivity index (χ1) is 15.4. The summed E-state index contributed by atoms with van der Waals surface area (Å²) in [5.74, 6) is 0.714. The summed E-state index contributed by atoms with van der Waals surface area (Å²) in [6, 6.07) is 7.86. The Bertz CT molecular complexity index is 1330. The van der Waals surface area contributed by atoms with E-state index in [1.165, 1.54) is 21.9 Å². The van der Waals surface area contributed by atoms with Crippen LogP contribution in [0.1, 0.15) is 5.56 Å². The van der Waals surface area contributed by atoms with Crippen molar-refractivity contribution in [2.75, 3.05) is 37.8 Å². The molecule has 0 aliphatic carbocycles. The molecule has 5 heterocycles. The zero-order valence-corrected chi connectivity index (χ0v) is 19.0. The van der Waals surface area contributed by atoms with Crippen LogP contribution in [0.5, 0.6) is 0 Å². The number of hydrogen-bond acceptors (Lipinski definition) is 9. The third kappa shape index (κ3) is 4.63. The van der Waals surface area contributed by atoms with Gasteiger partial charge in [-0.1, -0.05) is 11.3 Å². The summed E-state index contributed by atoms with van der Waals surface area (Å²) in [5.41, 5.74) is 3.71. The van der Waals surface area contributed by atoms with Gasteiger partial charge in [0.25, 0.3) is 0 Å². The number of thiazole rings is 1. The van der Waals surface area contributed by atoms with E-state index in [9.17, 15) is 8.42 Å². The molecule has 1 aliphatic rings. The molecule has 32 heavy (non-hydrogen) atoms. The molecule has 0 unspecified atom stereocenters. The highest BCUT2D eigenvalue weighted by Crippen LogP contribution is 2.29. The molecule has 0 bridgehead atoms. The van der Waals surface area contributed by atoms with Crippen molar-refractivity contribution in [3.63, 3.8) is 0 Å². The summed E-state index contributed by atoms with van der Waals surface area (Å²) < 4.78 is 24.9. The molecule has 1 saturated heterocycles. The Kier molecular flexibility index (Phi) is 5.59. The van der Waals surface area contributed by atoms with E-state index in [4.69, 9.17) is 0 Å². The maximum absolute atomic E-state index is 11.7. The zero-order valence-electron chi connectivity index (χ0n) is 17.4. The van der Waals surface area contributed by atoms with E-state index in [1.54, 1.807) is 12.4 Å². The molecule has 0 spiro atoms. The highest BCUT2D eigenvalue weighted by atomic mass is 32.2. The van der Waals surface area contributed by atoms with Crippen molar-refractivity contribution in [3.05, 3.63) is 48.4 Å². The van der Waals surface area contributed by atoms with Gasteiger partial charge in [-0.15, -0.1) is 0 Å². The van der Waals surface area contributed by atoms with Crippen LogP contribution in [0.4, 0.5) is 10.9 Å². The van der Waals surface area contributed by atoms with Crippen LogP contribution >= 0.6 is 11.3 Å². The van der Waals surface area contributed by atoms with Gasteiger partial charge in [0.05, 0.1) is 18.1 Å². The summed E-state index contributed by atoms with van der Waals surface area (Å²) >= 11 is 1.47. The molecule has 1 fully saturated rings. The van der Waals surface area contributed by atoms with Gasteiger partial charge in [0.2, 0.25) is 10.0 Å². The van der Waals surface area contributed by atoms with Crippen LogP contribution in [-0.2, 0) is 16.6 Å². The molecule has 0 saturated carbocycles. The number of H-pyrrole nitrogens is 1. The van der Waals surface area contributed by atoms with Crippen molar-refractivity contribution in [2.24, 2.45) is 0 Å². The van der Waals surface area contributed by atoms with Gasteiger partial charge < -0.3 is 5.32 Å². The second kappa shape index (κ2) is 8.54. The second-order valence-electron chi connectivity index (χ2n) is 7.64. The Hall–Kier alpha value is -2.93. The van der Waals surface area contributed by atoms with Crippen LogP contribution in [0.25, 0.3) is 21.6 Å². The number of aromatic amines is 1. The van der Waals surface area contributed by atoms with Crippen LogP contribution < -0.4 is 5.32 Å². The van der Waals surface area contributed by atoms with Gasteiger partial charge in [-0.3, -0.25) is 10.00 Å². The topological polar surface area (TPSA) is 120 Å². The minimum atomic E-state index is -3.12. The van der Waals surface area contributed by atoms with E-state index < -0.39 is 10.0 Å². The molecule has 2 N–H and O–H groups in total. The van der Waals surface area contributed by atoms with Crippen molar-refractivity contribution in [3.8, 4) is 11.3 Å². The van der Waals surface area contributed by atoms with Crippen LogP contribution in [0.3, 0.4) is 0 Å². The van der Waals surface area contributed by atoms with Gasteiger partial charge in [-0.05, 0) is 29.8 Å². The van der Waals surface area contributed by atoms with E-state index in [-0.39, 0.29) is 0 Å². The molecular weight excluding hydrogens is 448 g/mol. The van der Waals surface area contributed by atoms with Crippen molar-refractivity contribution in [1.29, 1.82) is 0 Å². The number of nitrogens with one attached hydrogen (secondary N) is 2. The van der Waals surface area contributed by atoms with Gasteiger partial charge in [-0.25, -0.2) is 23.4 Å². The van der Waals surface area contributed by atoms with Crippen LogP contribution in [0.15, 0.2) is 42.9 Å². The number of hydrogen-bond donors (Lipinski definition) is 2. The Labute approximate surface area is 189 Å². The highest BCUT2D eigenvalue weighted by molar-refractivity contribution is 7.88. The normalized spacial score (nSPS) is 15.9. The summed E-state index contributed by atoms with van der Waals surface area (Å²) in [7, 11) is -3.12. The van der Waals surface area contributed by atoms with Crippen molar-refractivity contribution < 1.29 is 8.42 Å². The number of sulfonamides is 1. The number of piperazine rings is 1. The molecule has 0 atom stereocenters. The average molecular weight is 471 g/mol. The van der Waals surface area contributed by atoms with Crippen LogP contribution in [0.2, 0.25) is 0 Å². The van der Waals surface area contributed by atoms with E-state index in [2.05, 4.69) is 35.4 Å². The fourth-order valence-electron chi connectivity index (χ4n) is 3.65. The molecule has 10 nitrogen and oxygen atoms in total. The summed E-state index contributed by atoms with van der Waals surface area (Å²) in [6.07, 6.45) is 6.59. The molecular formula is C20H22N8O2S2. The first kappa shape index (κ1) is 20.9. The lowest BCUT2D eigenvalue weighted by molar-refractivity contribution is 0.182. The van der Waals surface area contributed by atoms with E-state index >= 15 is 0 Å². The second-order valence-corrected chi connectivity index (χ2v) is 10.6. The maximum atomic E-state index is 11.7. The Morgan fingerprint density at radius 3 is 2.75 bits per heavy atom. The van der Waals surface area contributed by atoms with E-state index in [1.807, 2.05) is 30.5 Å². The first-order valence-corrected chi connectivity index (χ1v) is 12.8. The standard InChI is InChI=1S/C20H22N8O2S2/c1-32(29,30)28-8-6-27(7-9-28)13-14-4-5-21-18(10-14)26-20-25-17-3-2-16(24-19(17)31-20)15-11-22-23-12-15/h2-5,10-12H,6-9,13H2,1H3,(H,22,23)(H,21,25,26). The number of pyridine rings is 2. The monoisotopic (exact) mass is 470 g/mol. The molecule has 0 radical (unpaired) electrons. The molecule has 0 aromatic carbocycles. The fourth-order valence-corrected chi connectivity index (χ4v) is 5.32. The smallest absolute Gasteiger partial charge is 0.211 e.